The molecule has 1 aliphatic heterocycles. The SMILES string of the molecule is CCOC(=O)c1ccccc1NC(=O)NCc1ccc2c(c1)N(C(=O)c1ccccc1)[C@@H](C)C2. The van der Waals surface area contributed by atoms with Gasteiger partial charge in [-0.15, -0.1) is 0 Å². The van der Waals surface area contributed by atoms with Crippen molar-refractivity contribution in [3.8, 4) is 0 Å². The maximum absolute atomic E-state index is 13.1. The Morgan fingerprint density at radius 1 is 1.00 bits per heavy atom. The van der Waals surface area contributed by atoms with Crippen molar-refractivity contribution in [3.05, 3.63) is 95.1 Å². The number of carbonyl (C=O) groups is 3. The van der Waals surface area contributed by atoms with Crippen LogP contribution in [0, 0.1) is 0 Å². The van der Waals surface area contributed by atoms with E-state index in [1.165, 1.54) is 0 Å². The molecule has 2 N–H and O–H groups in total. The van der Waals surface area contributed by atoms with Crippen molar-refractivity contribution in [2.24, 2.45) is 0 Å². The molecule has 0 fully saturated rings. The molecule has 0 radical (unpaired) electrons. The second-order valence-electron chi connectivity index (χ2n) is 8.13. The van der Waals surface area contributed by atoms with Crippen LogP contribution in [0.2, 0.25) is 0 Å². The third kappa shape index (κ3) is 4.93. The zero-order chi connectivity index (χ0) is 24.1. The summed E-state index contributed by atoms with van der Waals surface area (Å²) < 4.78 is 5.05. The molecule has 3 aromatic rings. The van der Waals surface area contributed by atoms with Crippen molar-refractivity contribution < 1.29 is 19.1 Å². The smallest absolute Gasteiger partial charge is 0.340 e. The lowest BCUT2D eigenvalue weighted by molar-refractivity contribution is 0.0527. The minimum atomic E-state index is -0.491. The number of amides is 3. The van der Waals surface area contributed by atoms with Gasteiger partial charge in [0.15, 0.2) is 0 Å². The molecule has 0 saturated carbocycles. The number of rotatable bonds is 6. The van der Waals surface area contributed by atoms with Crippen LogP contribution in [0.5, 0.6) is 0 Å². The fourth-order valence-corrected chi connectivity index (χ4v) is 4.12. The third-order valence-corrected chi connectivity index (χ3v) is 5.73. The molecule has 0 bridgehead atoms. The van der Waals surface area contributed by atoms with Gasteiger partial charge in [0.2, 0.25) is 0 Å². The maximum atomic E-state index is 13.1. The number of carbonyl (C=O) groups excluding carboxylic acids is 3. The Kier molecular flexibility index (Phi) is 6.92. The molecule has 4 rings (SSSR count). The first kappa shape index (κ1) is 23.0. The molecular weight excluding hydrogens is 430 g/mol. The van der Waals surface area contributed by atoms with Gasteiger partial charge < -0.3 is 20.3 Å². The van der Waals surface area contributed by atoms with E-state index in [9.17, 15) is 14.4 Å². The Bertz CT molecular complexity index is 1210. The van der Waals surface area contributed by atoms with Crippen LogP contribution in [-0.2, 0) is 17.7 Å². The Morgan fingerprint density at radius 3 is 2.50 bits per heavy atom. The Balaban J connectivity index is 1.45. The second-order valence-corrected chi connectivity index (χ2v) is 8.13. The molecule has 0 aliphatic carbocycles. The largest absolute Gasteiger partial charge is 0.462 e. The standard InChI is InChI=1S/C27H27N3O4/c1-3-34-26(32)22-11-7-8-12-23(22)29-27(33)28-17-19-13-14-21-15-18(2)30(24(21)16-19)25(31)20-9-5-4-6-10-20/h4-14,16,18H,3,15,17H2,1-2H3,(H2,28,29,33)/t18-/m0/s1. The van der Waals surface area contributed by atoms with Crippen LogP contribution in [0.3, 0.4) is 0 Å². The van der Waals surface area contributed by atoms with Gasteiger partial charge in [0.05, 0.1) is 17.9 Å². The molecule has 0 unspecified atom stereocenters. The first-order valence-corrected chi connectivity index (χ1v) is 11.3. The van der Waals surface area contributed by atoms with E-state index < -0.39 is 12.0 Å². The minimum Gasteiger partial charge on any atom is -0.462 e. The number of urea groups is 1. The number of hydrogen-bond donors (Lipinski definition) is 2. The summed E-state index contributed by atoms with van der Waals surface area (Å²) in [5, 5.41) is 5.53. The van der Waals surface area contributed by atoms with Gasteiger partial charge in [-0.05, 0) is 61.7 Å². The third-order valence-electron chi connectivity index (χ3n) is 5.73. The Labute approximate surface area is 198 Å². The van der Waals surface area contributed by atoms with Crippen LogP contribution >= 0.6 is 0 Å². The number of anilines is 2. The summed E-state index contributed by atoms with van der Waals surface area (Å²) in [6.45, 7) is 4.28. The molecule has 174 valence electrons. The monoisotopic (exact) mass is 457 g/mol. The number of nitrogens with zero attached hydrogens (tertiary/aromatic N) is 1. The van der Waals surface area contributed by atoms with Crippen LogP contribution in [0.15, 0.2) is 72.8 Å². The summed E-state index contributed by atoms with van der Waals surface area (Å²) in [6.07, 6.45) is 0.784. The first-order valence-electron chi connectivity index (χ1n) is 11.3. The summed E-state index contributed by atoms with van der Waals surface area (Å²) >= 11 is 0. The van der Waals surface area contributed by atoms with E-state index in [4.69, 9.17) is 4.74 Å². The highest BCUT2D eigenvalue weighted by atomic mass is 16.5. The molecule has 1 atom stereocenters. The number of benzene rings is 3. The van der Waals surface area contributed by atoms with Crippen LogP contribution in [0.1, 0.15) is 45.7 Å². The number of esters is 1. The topological polar surface area (TPSA) is 87.7 Å². The Hall–Kier alpha value is -4.13. The number of fused-ring (bicyclic) bond motifs is 1. The van der Waals surface area contributed by atoms with Gasteiger partial charge in [-0.3, -0.25) is 4.79 Å². The quantitative estimate of drug-likeness (QED) is 0.522. The molecule has 7 heteroatoms. The van der Waals surface area contributed by atoms with Crippen molar-refractivity contribution >= 4 is 29.3 Å². The van der Waals surface area contributed by atoms with Gasteiger partial charge in [-0.1, -0.05) is 42.5 Å². The average molecular weight is 458 g/mol. The highest BCUT2D eigenvalue weighted by Crippen LogP contribution is 2.34. The molecule has 1 heterocycles. The predicted octanol–water partition coefficient (Wildman–Crippen LogP) is 4.78. The maximum Gasteiger partial charge on any atom is 0.340 e. The van der Waals surface area contributed by atoms with Crippen LogP contribution in [0.25, 0.3) is 0 Å². The lowest BCUT2D eigenvalue weighted by Crippen LogP contribution is -2.35. The van der Waals surface area contributed by atoms with E-state index in [2.05, 4.69) is 10.6 Å². The fraction of sp³-hybridized carbons (Fsp3) is 0.222. The minimum absolute atomic E-state index is 0.0368. The van der Waals surface area contributed by atoms with Crippen LogP contribution < -0.4 is 15.5 Å². The lowest BCUT2D eigenvalue weighted by atomic mass is 10.1. The molecule has 0 saturated heterocycles. The van der Waals surface area contributed by atoms with E-state index in [0.29, 0.717) is 16.8 Å². The zero-order valence-electron chi connectivity index (χ0n) is 19.2. The summed E-state index contributed by atoms with van der Waals surface area (Å²) in [4.78, 5) is 39.6. The summed E-state index contributed by atoms with van der Waals surface area (Å²) in [7, 11) is 0. The highest BCUT2D eigenvalue weighted by molar-refractivity contribution is 6.07. The first-order chi connectivity index (χ1) is 16.5. The zero-order valence-corrected chi connectivity index (χ0v) is 19.2. The molecule has 34 heavy (non-hydrogen) atoms. The van der Waals surface area contributed by atoms with Gasteiger partial charge in [-0.2, -0.15) is 0 Å². The van der Waals surface area contributed by atoms with E-state index >= 15 is 0 Å². The van der Waals surface area contributed by atoms with Crippen molar-refractivity contribution in [2.45, 2.75) is 32.9 Å². The lowest BCUT2D eigenvalue weighted by Gasteiger charge is -2.23. The highest BCUT2D eigenvalue weighted by Gasteiger charge is 2.31. The average Bonchev–Trinajstić information content (AvgIpc) is 3.18. The van der Waals surface area contributed by atoms with Crippen molar-refractivity contribution in [3.63, 3.8) is 0 Å². The molecule has 7 nitrogen and oxygen atoms in total. The van der Waals surface area contributed by atoms with Crippen molar-refractivity contribution in [1.29, 1.82) is 0 Å². The normalized spacial score (nSPS) is 14.3. The molecule has 3 aromatic carbocycles. The van der Waals surface area contributed by atoms with Gasteiger partial charge in [0.1, 0.15) is 0 Å². The summed E-state index contributed by atoms with van der Waals surface area (Å²) in [5.74, 6) is -0.528. The Morgan fingerprint density at radius 2 is 1.74 bits per heavy atom. The van der Waals surface area contributed by atoms with Gasteiger partial charge >= 0.3 is 12.0 Å². The van der Waals surface area contributed by atoms with E-state index in [1.54, 1.807) is 31.2 Å². The van der Waals surface area contributed by atoms with Crippen molar-refractivity contribution in [1.82, 2.24) is 5.32 Å². The van der Waals surface area contributed by atoms with Crippen molar-refractivity contribution in [2.75, 3.05) is 16.8 Å². The van der Waals surface area contributed by atoms with Gasteiger partial charge in [0.25, 0.3) is 5.91 Å². The van der Waals surface area contributed by atoms with Crippen LogP contribution in [0.4, 0.5) is 16.2 Å². The summed E-state index contributed by atoms with van der Waals surface area (Å²) in [5.41, 5.74) is 4.15. The number of hydrogen-bond acceptors (Lipinski definition) is 4. The molecule has 0 spiro atoms. The molecule has 3 amide bonds. The molecular formula is C27H27N3O4. The van der Waals surface area contributed by atoms with Crippen LogP contribution in [-0.4, -0.2) is 30.6 Å². The van der Waals surface area contributed by atoms with Gasteiger partial charge in [0, 0.05) is 23.8 Å². The molecule has 1 aliphatic rings. The number of ether oxygens (including phenoxy) is 1. The van der Waals surface area contributed by atoms with Gasteiger partial charge in [-0.25, -0.2) is 9.59 Å². The van der Waals surface area contributed by atoms with E-state index in [0.717, 1.165) is 23.2 Å². The summed E-state index contributed by atoms with van der Waals surface area (Å²) in [6, 6.07) is 21.5. The predicted molar refractivity (Wildman–Crippen MR) is 131 cm³/mol. The van der Waals surface area contributed by atoms with E-state index in [-0.39, 0.29) is 25.1 Å². The fourth-order valence-electron chi connectivity index (χ4n) is 4.12. The number of para-hydroxylation sites is 1. The second kappa shape index (κ2) is 10.2. The number of nitrogens with one attached hydrogen (secondary N) is 2. The van der Waals surface area contributed by atoms with E-state index in [1.807, 2.05) is 60.4 Å². The molecule has 0 aromatic heterocycles.